The van der Waals surface area contributed by atoms with Gasteiger partial charge in [-0.25, -0.2) is 0 Å². The van der Waals surface area contributed by atoms with E-state index in [1.807, 2.05) is 6.92 Å². The van der Waals surface area contributed by atoms with Gasteiger partial charge >= 0.3 is 5.97 Å². The van der Waals surface area contributed by atoms with Crippen LogP contribution >= 0.6 is 11.6 Å². The summed E-state index contributed by atoms with van der Waals surface area (Å²) < 4.78 is 5.03. The lowest BCUT2D eigenvalue weighted by Crippen LogP contribution is -2.16. The number of aliphatic carboxylic acids is 1. The fourth-order valence-corrected chi connectivity index (χ4v) is 2.16. The predicted octanol–water partition coefficient (Wildman–Crippen LogP) is 2.09. The fourth-order valence-electron chi connectivity index (χ4n) is 1.74. The molecule has 5 nitrogen and oxygen atoms in total. The molecule has 0 amide bonds. The molecule has 0 aromatic heterocycles. The minimum Gasteiger partial charge on any atom is -0.504 e. The van der Waals surface area contributed by atoms with E-state index in [2.05, 4.69) is 0 Å². The second kappa shape index (κ2) is 5.93. The normalized spacial score (nSPS) is 12.2. The molecule has 0 fully saturated rings. The van der Waals surface area contributed by atoms with E-state index in [1.54, 1.807) is 6.07 Å². The first-order valence-electron chi connectivity index (χ1n) is 5.47. The number of carbonyl (C=O) groups is 1. The quantitative estimate of drug-likeness (QED) is 0.764. The molecule has 0 heterocycles. The first-order valence-corrected chi connectivity index (χ1v) is 5.85. The lowest BCUT2D eigenvalue weighted by atomic mass is 9.99. The maximum Gasteiger partial charge on any atom is 0.305 e. The number of aromatic hydroxyl groups is 1. The largest absolute Gasteiger partial charge is 0.504 e. The van der Waals surface area contributed by atoms with Gasteiger partial charge in [0, 0.05) is 11.6 Å². The van der Waals surface area contributed by atoms with Crippen LogP contribution in [0.15, 0.2) is 6.07 Å². The lowest BCUT2D eigenvalue weighted by Gasteiger charge is -2.18. The van der Waals surface area contributed by atoms with Gasteiger partial charge in [-0.2, -0.15) is 0 Å². The Morgan fingerprint density at radius 1 is 1.61 bits per heavy atom. The zero-order valence-corrected chi connectivity index (χ0v) is 11.0. The molecule has 0 radical (unpaired) electrons. The van der Waals surface area contributed by atoms with Crippen molar-refractivity contribution in [2.24, 2.45) is 5.73 Å². The van der Waals surface area contributed by atoms with Crippen LogP contribution in [0, 0.1) is 0 Å². The molecule has 1 rings (SSSR count). The summed E-state index contributed by atoms with van der Waals surface area (Å²) >= 11 is 6.13. The van der Waals surface area contributed by atoms with Crippen molar-refractivity contribution in [2.45, 2.75) is 25.8 Å². The Hall–Kier alpha value is -1.46. The van der Waals surface area contributed by atoms with Gasteiger partial charge in [0.05, 0.1) is 18.6 Å². The molecular formula is C12H16ClNO4. The molecule has 1 aromatic rings. The topological polar surface area (TPSA) is 92.8 Å². The van der Waals surface area contributed by atoms with Gasteiger partial charge in [0.15, 0.2) is 11.5 Å². The van der Waals surface area contributed by atoms with Crippen LogP contribution < -0.4 is 10.5 Å². The van der Waals surface area contributed by atoms with Gasteiger partial charge in [0.2, 0.25) is 0 Å². The van der Waals surface area contributed by atoms with E-state index >= 15 is 0 Å². The van der Waals surface area contributed by atoms with Crippen molar-refractivity contribution in [1.82, 2.24) is 0 Å². The summed E-state index contributed by atoms with van der Waals surface area (Å²) in [6.07, 6.45) is 0.311. The van der Waals surface area contributed by atoms with Crippen molar-refractivity contribution in [2.75, 3.05) is 7.11 Å². The third-order valence-electron chi connectivity index (χ3n) is 2.68. The van der Waals surface area contributed by atoms with E-state index in [0.717, 1.165) is 5.56 Å². The smallest absolute Gasteiger partial charge is 0.305 e. The van der Waals surface area contributed by atoms with Crippen LogP contribution in [0.1, 0.15) is 30.5 Å². The molecule has 1 aromatic carbocycles. The number of hydrogen-bond donors (Lipinski definition) is 3. The van der Waals surface area contributed by atoms with Gasteiger partial charge in [0.25, 0.3) is 0 Å². The first-order chi connectivity index (χ1) is 8.42. The number of halogens is 1. The van der Waals surface area contributed by atoms with Crippen molar-refractivity contribution in [3.63, 3.8) is 0 Å². The maximum absolute atomic E-state index is 10.7. The highest BCUT2D eigenvalue weighted by Crippen LogP contribution is 2.41. The summed E-state index contributed by atoms with van der Waals surface area (Å²) in [7, 11) is 1.41. The zero-order valence-electron chi connectivity index (χ0n) is 10.2. The Morgan fingerprint density at radius 3 is 2.67 bits per heavy atom. The van der Waals surface area contributed by atoms with E-state index in [4.69, 9.17) is 27.2 Å². The lowest BCUT2D eigenvalue weighted by molar-refractivity contribution is -0.137. The summed E-state index contributed by atoms with van der Waals surface area (Å²) in [6.45, 7) is 1.89. The highest BCUT2D eigenvalue weighted by atomic mass is 35.5. The van der Waals surface area contributed by atoms with Gasteiger partial charge in [0.1, 0.15) is 0 Å². The van der Waals surface area contributed by atoms with Gasteiger partial charge in [-0.1, -0.05) is 18.5 Å². The summed E-state index contributed by atoms with van der Waals surface area (Å²) in [4.78, 5) is 10.7. The number of hydrogen-bond acceptors (Lipinski definition) is 4. The number of carboxylic acids is 1. The van der Waals surface area contributed by atoms with Gasteiger partial charge in [-0.15, -0.1) is 0 Å². The highest BCUT2D eigenvalue weighted by molar-refractivity contribution is 6.32. The second-order valence-corrected chi connectivity index (χ2v) is 4.25. The van der Waals surface area contributed by atoms with Gasteiger partial charge in [-0.3, -0.25) is 4.79 Å². The second-order valence-electron chi connectivity index (χ2n) is 3.87. The van der Waals surface area contributed by atoms with E-state index in [0.29, 0.717) is 11.4 Å². The van der Waals surface area contributed by atoms with Crippen molar-refractivity contribution in [3.05, 3.63) is 22.2 Å². The van der Waals surface area contributed by atoms with Crippen molar-refractivity contribution >= 4 is 17.6 Å². The molecule has 6 heteroatoms. The molecule has 0 aliphatic rings. The molecule has 0 aliphatic carbocycles. The number of benzene rings is 1. The van der Waals surface area contributed by atoms with Crippen molar-refractivity contribution in [1.29, 1.82) is 0 Å². The van der Waals surface area contributed by atoms with E-state index in [-0.39, 0.29) is 23.5 Å². The third kappa shape index (κ3) is 2.86. The Labute approximate surface area is 110 Å². The fraction of sp³-hybridized carbons (Fsp3) is 0.417. The third-order valence-corrected chi connectivity index (χ3v) is 3.12. The average molecular weight is 274 g/mol. The molecule has 18 heavy (non-hydrogen) atoms. The number of carboxylic acid groups (broad SMARTS) is 1. The van der Waals surface area contributed by atoms with Crippen LogP contribution in [-0.2, 0) is 11.2 Å². The van der Waals surface area contributed by atoms with Crippen molar-refractivity contribution < 1.29 is 19.7 Å². The van der Waals surface area contributed by atoms with Crippen LogP contribution in [0.4, 0.5) is 0 Å². The zero-order chi connectivity index (χ0) is 13.9. The number of phenols is 1. The molecule has 0 aliphatic heterocycles. The van der Waals surface area contributed by atoms with Crippen LogP contribution in [-0.4, -0.2) is 23.3 Å². The first kappa shape index (κ1) is 14.6. The standard InChI is InChI=1S/C12H16ClNO4/c1-3-6-4-8(18-2)12(17)10(11(6)13)7(14)5-9(15)16/h4,7,17H,3,5,14H2,1-2H3,(H,15,16). The average Bonchev–Trinajstić information content (AvgIpc) is 2.28. The molecular weight excluding hydrogens is 258 g/mol. The SMILES string of the molecule is CCc1cc(OC)c(O)c(C(N)CC(=O)O)c1Cl. The van der Waals surface area contributed by atoms with Crippen molar-refractivity contribution in [3.8, 4) is 11.5 Å². The number of nitrogens with two attached hydrogens (primary N) is 1. The molecule has 1 atom stereocenters. The number of ether oxygens (including phenoxy) is 1. The number of aryl methyl sites for hydroxylation is 1. The van der Waals surface area contributed by atoms with Crippen LogP contribution in [0.5, 0.6) is 11.5 Å². The van der Waals surface area contributed by atoms with E-state index in [1.165, 1.54) is 7.11 Å². The summed E-state index contributed by atoms with van der Waals surface area (Å²) in [5.74, 6) is -1.01. The summed E-state index contributed by atoms with van der Waals surface area (Å²) in [6, 6.07) is 0.740. The Morgan fingerprint density at radius 2 is 2.22 bits per heavy atom. The predicted molar refractivity (Wildman–Crippen MR) is 68.2 cm³/mol. The highest BCUT2D eigenvalue weighted by Gasteiger charge is 2.23. The van der Waals surface area contributed by atoms with E-state index in [9.17, 15) is 9.90 Å². The van der Waals surface area contributed by atoms with Gasteiger partial charge < -0.3 is 20.7 Å². The monoisotopic (exact) mass is 273 g/mol. The Balaban J connectivity index is 3.35. The molecule has 0 spiro atoms. The Kier molecular flexibility index (Phi) is 4.81. The number of rotatable bonds is 5. The Bertz CT molecular complexity index is 434. The molecule has 4 N–H and O–H groups in total. The van der Waals surface area contributed by atoms with Crippen LogP contribution in [0.2, 0.25) is 5.02 Å². The molecule has 0 bridgehead atoms. The summed E-state index contributed by atoms with van der Waals surface area (Å²) in [5.41, 5.74) is 6.73. The van der Waals surface area contributed by atoms with Crippen LogP contribution in [0.3, 0.4) is 0 Å². The van der Waals surface area contributed by atoms with Crippen LogP contribution in [0.25, 0.3) is 0 Å². The molecule has 100 valence electrons. The number of phenolic OH excluding ortho intramolecular Hbond substituents is 1. The number of methoxy groups -OCH3 is 1. The minimum absolute atomic E-state index is 0.201. The van der Waals surface area contributed by atoms with Gasteiger partial charge in [-0.05, 0) is 18.1 Å². The molecule has 0 saturated heterocycles. The summed E-state index contributed by atoms with van der Waals surface area (Å²) in [5, 5.41) is 19.0. The molecule has 1 unspecified atom stereocenters. The maximum atomic E-state index is 10.7. The minimum atomic E-state index is -1.06. The van der Waals surface area contributed by atoms with E-state index < -0.39 is 12.0 Å². The molecule has 0 saturated carbocycles.